The molecule has 0 saturated heterocycles. The molecule has 0 radical (unpaired) electrons. The highest BCUT2D eigenvalue weighted by Gasteiger charge is 2.17. The molecule has 0 bridgehead atoms. The Labute approximate surface area is 137 Å². The molecule has 6 nitrogen and oxygen atoms in total. The lowest BCUT2D eigenvalue weighted by molar-refractivity contribution is -0.148. The molecule has 1 N–H and O–H groups in total. The van der Waals surface area contributed by atoms with Crippen LogP contribution in [0, 0.1) is 12.8 Å². The van der Waals surface area contributed by atoms with Crippen LogP contribution < -0.4 is 5.32 Å². The number of amides is 1. The zero-order chi connectivity index (χ0) is 17.5. The van der Waals surface area contributed by atoms with Gasteiger partial charge in [0, 0.05) is 6.54 Å². The fourth-order valence-corrected chi connectivity index (χ4v) is 2.89. The number of hydrogen-bond acceptors (Lipinski definition) is 5. The van der Waals surface area contributed by atoms with Gasteiger partial charge in [0.15, 0.2) is 16.4 Å². The Morgan fingerprint density at radius 3 is 2.35 bits per heavy atom. The molecule has 1 aromatic rings. The van der Waals surface area contributed by atoms with E-state index in [1.165, 1.54) is 12.1 Å². The number of carbonyl (C=O) groups is 2. The molecule has 0 heterocycles. The number of ether oxygens (including phenoxy) is 1. The van der Waals surface area contributed by atoms with E-state index in [1.54, 1.807) is 12.1 Å². The van der Waals surface area contributed by atoms with Crippen LogP contribution in [0.4, 0.5) is 0 Å². The van der Waals surface area contributed by atoms with Crippen LogP contribution in [0.3, 0.4) is 0 Å². The minimum absolute atomic E-state index is 0.172. The second kappa shape index (κ2) is 8.67. The Bertz CT molecular complexity index is 635. The maximum Gasteiger partial charge on any atom is 0.307 e. The fourth-order valence-electron chi connectivity index (χ4n) is 1.67. The van der Waals surface area contributed by atoms with E-state index in [2.05, 4.69) is 5.32 Å². The Hall–Kier alpha value is -1.89. The fraction of sp³-hybridized carbons (Fsp3) is 0.500. The third-order valence-corrected chi connectivity index (χ3v) is 4.76. The standard InChI is InChI=1S/C16H23NO5S/c1-12(2)10-17-15(18)11-22-16(19)8-9-23(20,21)14-6-4-13(3)5-7-14/h4-7,12H,8-11H2,1-3H3,(H,17,18). The summed E-state index contributed by atoms with van der Waals surface area (Å²) in [5.74, 6) is -1.15. The van der Waals surface area contributed by atoms with Gasteiger partial charge in [0.1, 0.15) is 0 Å². The van der Waals surface area contributed by atoms with Gasteiger partial charge >= 0.3 is 5.97 Å². The zero-order valence-corrected chi connectivity index (χ0v) is 14.5. The van der Waals surface area contributed by atoms with Crippen molar-refractivity contribution in [2.45, 2.75) is 32.1 Å². The number of nitrogens with one attached hydrogen (secondary N) is 1. The summed E-state index contributed by atoms with van der Waals surface area (Å²) in [5.41, 5.74) is 0.954. The van der Waals surface area contributed by atoms with Crippen LogP contribution in [0.25, 0.3) is 0 Å². The van der Waals surface area contributed by atoms with E-state index in [0.29, 0.717) is 12.5 Å². The average Bonchev–Trinajstić information content (AvgIpc) is 2.49. The molecular weight excluding hydrogens is 318 g/mol. The second-order valence-corrected chi connectivity index (χ2v) is 7.85. The smallest absolute Gasteiger partial charge is 0.307 e. The summed E-state index contributed by atoms with van der Waals surface area (Å²) in [4.78, 5) is 23.1. The SMILES string of the molecule is Cc1ccc(S(=O)(=O)CCC(=O)OCC(=O)NCC(C)C)cc1. The first-order valence-corrected chi connectivity index (χ1v) is 9.07. The molecule has 1 amide bonds. The largest absolute Gasteiger partial charge is 0.456 e. The Morgan fingerprint density at radius 1 is 1.17 bits per heavy atom. The number of esters is 1. The summed E-state index contributed by atoms with van der Waals surface area (Å²) in [6, 6.07) is 6.42. The van der Waals surface area contributed by atoms with E-state index >= 15 is 0 Å². The molecule has 128 valence electrons. The quantitative estimate of drug-likeness (QED) is 0.723. The molecule has 0 aliphatic heterocycles. The third kappa shape index (κ3) is 7.27. The molecule has 0 unspecified atom stereocenters. The maximum atomic E-state index is 12.1. The van der Waals surface area contributed by atoms with Crippen molar-refractivity contribution in [3.05, 3.63) is 29.8 Å². The monoisotopic (exact) mass is 341 g/mol. The predicted molar refractivity (Wildman–Crippen MR) is 86.7 cm³/mol. The lowest BCUT2D eigenvalue weighted by atomic mass is 10.2. The van der Waals surface area contributed by atoms with Crippen molar-refractivity contribution >= 4 is 21.7 Å². The highest BCUT2D eigenvalue weighted by atomic mass is 32.2. The number of hydrogen-bond donors (Lipinski definition) is 1. The highest BCUT2D eigenvalue weighted by molar-refractivity contribution is 7.91. The van der Waals surface area contributed by atoms with E-state index in [-0.39, 0.29) is 17.1 Å². The second-order valence-electron chi connectivity index (χ2n) is 5.74. The van der Waals surface area contributed by atoms with E-state index < -0.39 is 28.3 Å². The van der Waals surface area contributed by atoms with Crippen molar-refractivity contribution < 1.29 is 22.7 Å². The summed E-state index contributed by atoms with van der Waals surface area (Å²) < 4.78 is 28.9. The van der Waals surface area contributed by atoms with Crippen LogP contribution in [-0.2, 0) is 24.2 Å². The average molecular weight is 341 g/mol. The molecule has 7 heteroatoms. The van der Waals surface area contributed by atoms with Gasteiger partial charge in [0.2, 0.25) is 0 Å². The van der Waals surface area contributed by atoms with E-state index in [1.807, 2.05) is 20.8 Å². The molecule has 23 heavy (non-hydrogen) atoms. The molecule has 0 aliphatic carbocycles. The van der Waals surface area contributed by atoms with Gasteiger partial charge in [0.05, 0.1) is 17.1 Å². The molecule has 0 fully saturated rings. The first-order chi connectivity index (χ1) is 10.7. The van der Waals surface area contributed by atoms with Gasteiger partial charge in [-0.2, -0.15) is 0 Å². The zero-order valence-electron chi connectivity index (χ0n) is 13.7. The van der Waals surface area contributed by atoms with Crippen molar-refractivity contribution in [1.82, 2.24) is 5.32 Å². The Kier molecular flexibility index (Phi) is 7.22. The molecule has 0 atom stereocenters. The van der Waals surface area contributed by atoms with Gasteiger partial charge in [-0.3, -0.25) is 9.59 Å². The van der Waals surface area contributed by atoms with E-state index in [4.69, 9.17) is 4.74 Å². The lowest BCUT2D eigenvalue weighted by Gasteiger charge is -2.08. The lowest BCUT2D eigenvalue weighted by Crippen LogP contribution is -2.31. The van der Waals surface area contributed by atoms with Gasteiger partial charge in [-0.05, 0) is 25.0 Å². The first-order valence-electron chi connectivity index (χ1n) is 7.42. The first kappa shape index (κ1) is 19.2. The summed E-state index contributed by atoms with van der Waals surface area (Å²) in [5, 5.41) is 2.61. The molecule has 1 rings (SSSR count). The van der Waals surface area contributed by atoms with Gasteiger partial charge in [-0.15, -0.1) is 0 Å². The Balaban J connectivity index is 2.40. The van der Waals surface area contributed by atoms with Crippen LogP contribution in [0.1, 0.15) is 25.8 Å². The number of sulfone groups is 1. The number of benzene rings is 1. The Morgan fingerprint density at radius 2 is 1.78 bits per heavy atom. The van der Waals surface area contributed by atoms with Gasteiger partial charge < -0.3 is 10.1 Å². The van der Waals surface area contributed by atoms with E-state index in [0.717, 1.165) is 5.56 Å². The van der Waals surface area contributed by atoms with Crippen LogP contribution >= 0.6 is 0 Å². The number of carbonyl (C=O) groups excluding carboxylic acids is 2. The molecule has 0 spiro atoms. The van der Waals surface area contributed by atoms with Crippen molar-refractivity contribution in [2.75, 3.05) is 18.9 Å². The van der Waals surface area contributed by atoms with Crippen LogP contribution in [0.15, 0.2) is 29.2 Å². The van der Waals surface area contributed by atoms with Gasteiger partial charge in [-0.25, -0.2) is 8.42 Å². The van der Waals surface area contributed by atoms with E-state index in [9.17, 15) is 18.0 Å². The van der Waals surface area contributed by atoms with Crippen LogP contribution in [0.5, 0.6) is 0 Å². The summed E-state index contributed by atoms with van der Waals surface area (Å²) >= 11 is 0. The number of aryl methyl sites for hydroxylation is 1. The van der Waals surface area contributed by atoms with Crippen molar-refractivity contribution in [1.29, 1.82) is 0 Å². The molecule has 0 saturated carbocycles. The molecule has 0 aromatic heterocycles. The molecule has 1 aromatic carbocycles. The third-order valence-electron chi connectivity index (χ3n) is 3.03. The van der Waals surface area contributed by atoms with Crippen LogP contribution in [-0.4, -0.2) is 39.2 Å². The maximum absolute atomic E-state index is 12.1. The highest BCUT2D eigenvalue weighted by Crippen LogP contribution is 2.13. The van der Waals surface area contributed by atoms with Crippen molar-refractivity contribution in [2.24, 2.45) is 5.92 Å². The summed E-state index contributed by atoms with van der Waals surface area (Å²) in [6.45, 7) is 5.86. The van der Waals surface area contributed by atoms with Crippen LogP contribution in [0.2, 0.25) is 0 Å². The topological polar surface area (TPSA) is 89.5 Å². The minimum atomic E-state index is -3.53. The number of rotatable bonds is 8. The summed E-state index contributed by atoms with van der Waals surface area (Å²) in [6.07, 6.45) is -0.284. The summed E-state index contributed by atoms with van der Waals surface area (Å²) in [7, 11) is -3.53. The minimum Gasteiger partial charge on any atom is -0.456 e. The molecule has 0 aliphatic rings. The van der Waals surface area contributed by atoms with Gasteiger partial charge in [0.25, 0.3) is 5.91 Å². The normalized spacial score (nSPS) is 11.3. The molecular formula is C16H23NO5S. The van der Waals surface area contributed by atoms with Crippen molar-refractivity contribution in [3.63, 3.8) is 0 Å². The van der Waals surface area contributed by atoms with Crippen molar-refractivity contribution in [3.8, 4) is 0 Å². The van der Waals surface area contributed by atoms with Gasteiger partial charge in [-0.1, -0.05) is 31.5 Å². The predicted octanol–water partition coefficient (Wildman–Crippen LogP) is 1.47.